The molecule has 0 unspecified atom stereocenters. The molecule has 0 radical (unpaired) electrons. The number of fused-ring (bicyclic) bond motifs is 2. The van der Waals surface area contributed by atoms with E-state index in [2.05, 4.69) is 9.97 Å². The number of aromatic amines is 1. The smallest absolute Gasteiger partial charge is 0.263 e. The second-order valence-corrected chi connectivity index (χ2v) is 9.48. The summed E-state index contributed by atoms with van der Waals surface area (Å²) in [5.74, 6) is 1.43. The van der Waals surface area contributed by atoms with Crippen LogP contribution in [0.25, 0.3) is 22.2 Å². The molecule has 6 nitrogen and oxygen atoms in total. The maximum Gasteiger partial charge on any atom is 0.263 e. The molecule has 2 aliphatic heterocycles. The lowest BCUT2D eigenvalue weighted by Crippen LogP contribution is -2.45. The van der Waals surface area contributed by atoms with Crippen LogP contribution >= 0.6 is 11.6 Å². The Balaban J connectivity index is 1.21. The lowest BCUT2D eigenvalue weighted by molar-refractivity contribution is -0.139. The van der Waals surface area contributed by atoms with Gasteiger partial charge >= 0.3 is 0 Å². The summed E-state index contributed by atoms with van der Waals surface area (Å²) in [5, 5.41) is 11.1. The number of nitrogens with zero attached hydrogens (tertiary/aromatic N) is 2. The number of carbonyl (C=O) groups is 1. The predicted molar refractivity (Wildman–Crippen MR) is 131 cm³/mol. The summed E-state index contributed by atoms with van der Waals surface area (Å²) >= 11 is 6.47. The number of phenols is 1. The van der Waals surface area contributed by atoms with Crippen LogP contribution in [-0.4, -0.2) is 45.1 Å². The Morgan fingerprint density at radius 3 is 2.68 bits per heavy atom. The number of amides is 1. The fourth-order valence-electron chi connectivity index (χ4n) is 5.24. The molecule has 0 aliphatic carbocycles. The SMILES string of the molecule is O=C([C@H]1Cc2cc(Cl)cc(-c3ccnc4[nH]ccc34)c2O1)N1CCC(c2ccc(O)cc2)CC1. The van der Waals surface area contributed by atoms with Crippen molar-refractivity contribution in [1.82, 2.24) is 14.9 Å². The van der Waals surface area contributed by atoms with Gasteiger partial charge in [0.15, 0.2) is 6.10 Å². The molecular formula is C27H24ClN3O3. The van der Waals surface area contributed by atoms with Gasteiger partial charge < -0.3 is 19.7 Å². The van der Waals surface area contributed by atoms with Crippen LogP contribution in [0.4, 0.5) is 0 Å². The van der Waals surface area contributed by atoms with E-state index in [0.717, 1.165) is 46.3 Å². The summed E-state index contributed by atoms with van der Waals surface area (Å²) in [7, 11) is 0. The minimum Gasteiger partial charge on any atom is -0.508 e. The number of hydrogen-bond donors (Lipinski definition) is 2. The lowest BCUT2D eigenvalue weighted by atomic mass is 9.89. The highest BCUT2D eigenvalue weighted by Gasteiger charge is 2.36. The Kier molecular flexibility index (Phi) is 5.18. The number of hydrogen-bond acceptors (Lipinski definition) is 4. The average molecular weight is 474 g/mol. The number of pyridine rings is 1. The van der Waals surface area contributed by atoms with E-state index < -0.39 is 6.10 Å². The summed E-state index contributed by atoms with van der Waals surface area (Å²) in [6.07, 6.45) is 5.39. The van der Waals surface area contributed by atoms with Crippen LogP contribution in [0.3, 0.4) is 0 Å². The van der Waals surface area contributed by atoms with Crippen LogP contribution in [0, 0.1) is 0 Å². The van der Waals surface area contributed by atoms with Crippen LogP contribution in [-0.2, 0) is 11.2 Å². The number of likely N-dealkylation sites (tertiary alicyclic amines) is 1. The zero-order chi connectivity index (χ0) is 23.2. The van der Waals surface area contributed by atoms with Crippen LogP contribution in [0.15, 0.2) is 60.9 Å². The molecule has 7 heteroatoms. The molecular weight excluding hydrogens is 450 g/mol. The predicted octanol–water partition coefficient (Wildman–Crippen LogP) is 5.30. The Morgan fingerprint density at radius 1 is 1.09 bits per heavy atom. The summed E-state index contributed by atoms with van der Waals surface area (Å²) in [4.78, 5) is 22.8. The van der Waals surface area contributed by atoms with E-state index in [0.29, 0.717) is 30.5 Å². The lowest BCUT2D eigenvalue weighted by Gasteiger charge is -2.33. The third-order valence-corrected chi connectivity index (χ3v) is 7.21. The van der Waals surface area contributed by atoms with E-state index in [4.69, 9.17) is 16.3 Å². The second-order valence-electron chi connectivity index (χ2n) is 9.04. The van der Waals surface area contributed by atoms with Crippen molar-refractivity contribution < 1.29 is 14.6 Å². The van der Waals surface area contributed by atoms with Gasteiger partial charge in [0.05, 0.1) is 0 Å². The van der Waals surface area contributed by atoms with Crippen LogP contribution in [0.5, 0.6) is 11.5 Å². The van der Waals surface area contributed by atoms with Gasteiger partial charge in [-0.1, -0.05) is 23.7 Å². The number of H-pyrrole nitrogens is 1. The topological polar surface area (TPSA) is 78.5 Å². The Morgan fingerprint density at radius 2 is 1.88 bits per heavy atom. The maximum atomic E-state index is 13.4. The molecule has 0 bridgehead atoms. The Bertz CT molecular complexity index is 1370. The molecule has 1 atom stereocenters. The van der Waals surface area contributed by atoms with E-state index in [1.807, 2.05) is 47.5 Å². The van der Waals surface area contributed by atoms with Gasteiger partial charge in [0.1, 0.15) is 17.1 Å². The summed E-state index contributed by atoms with van der Waals surface area (Å²) in [5.41, 5.74) is 4.83. The summed E-state index contributed by atoms with van der Waals surface area (Å²) < 4.78 is 6.30. The number of benzene rings is 2. The van der Waals surface area contributed by atoms with Crippen LogP contribution in [0.2, 0.25) is 5.02 Å². The molecule has 2 aromatic carbocycles. The summed E-state index contributed by atoms with van der Waals surface area (Å²) in [6, 6.07) is 15.1. The molecule has 2 N–H and O–H groups in total. The van der Waals surface area contributed by atoms with Gasteiger partial charge in [-0.2, -0.15) is 0 Å². The fourth-order valence-corrected chi connectivity index (χ4v) is 5.48. The highest BCUT2D eigenvalue weighted by Crippen LogP contribution is 2.43. The molecule has 4 heterocycles. The third-order valence-electron chi connectivity index (χ3n) is 6.99. The number of halogens is 1. The van der Waals surface area contributed by atoms with E-state index >= 15 is 0 Å². The number of aromatic nitrogens is 2. The minimum atomic E-state index is -0.541. The monoisotopic (exact) mass is 473 g/mol. The molecule has 6 rings (SSSR count). The van der Waals surface area contributed by atoms with Gasteiger partial charge in [0, 0.05) is 53.4 Å². The van der Waals surface area contributed by atoms with Crippen molar-refractivity contribution in [3.63, 3.8) is 0 Å². The molecule has 2 aromatic heterocycles. The van der Waals surface area contributed by atoms with Gasteiger partial charge in [-0.05, 0) is 66.3 Å². The fraction of sp³-hybridized carbons (Fsp3) is 0.259. The van der Waals surface area contributed by atoms with Crippen molar-refractivity contribution in [2.45, 2.75) is 31.3 Å². The van der Waals surface area contributed by atoms with Gasteiger partial charge in [-0.3, -0.25) is 4.79 Å². The molecule has 1 saturated heterocycles. The highest BCUT2D eigenvalue weighted by molar-refractivity contribution is 6.31. The largest absolute Gasteiger partial charge is 0.508 e. The third kappa shape index (κ3) is 3.68. The highest BCUT2D eigenvalue weighted by atomic mass is 35.5. The Hall–Kier alpha value is -3.51. The molecule has 1 fully saturated rings. The number of nitrogens with one attached hydrogen (secondary N) is 1. The molecule has 0 saturated carbocycles. The number of piperidine rings is 1. The van der Waals surface area contributed by atoms with E-state index in [1.165, 1.54) is 5.56 Å². The molecule has 172 valence electrons. The van der Waals surface area contributed by atoms with Gasteiger partial charge in [0.25, 0.3) is 5.91 Å². The van der Waals surface area contributed by atoms with Crippen molar-refractivity contribution in [3.05, 3.63) is 77.1 Å². The molecule has 0 spiro atoms. The first-order valence-corrected chi connectivity index (χ1v) is 11.9. The van der Waals surface area contributed by atoms with Crippen LogP contribution < -0.4 is 4.74 Å². The molecule has 34 heavy (non-hydrogen) atoms. The Labute approximate surface area is 202 Å². The first-order chi connectivity index (χ1) is 16.6. The number of rotatable bonds is 3. The van der Waals surface area contributed by atoms with Gasteiger partial charge in [-0.25, -0.2) is 4.98 Å². The normalized spacial score (nSPS) is 18.1. The second kappa shape index (κ2) is 8.37. The first-order valence-electron chi connectivity index (χ1n) is 11.6. The zero-order valence-electron chi connectivity index (χ0n) is 18.5. The zero-order valence-corrected chi connectivity index (χ0v) is 19.3. The molecule has 1 amide bonds. The first kappa shape index (κ1) is 21.1. The molecule has 4 aromatic rings. The van der Waals surface area contributed by atoms with Crippen LogP contribution in [0.1, 0.15) is 29.9 Å². The average Bonchev–Trinajstić information content (AvgIpc) is 3.51. The number of ether oxygens (including phenoxy) is 1. The molecule has 2 aliphatic rings. The quantitative estimate of drug-likeness (QED) is 0.423. The standard InChI is InChI=1S/C27H24ClN3O3/c28-19-13-18-14-24(27(33)31-11-7-17(8-12-31)16-1-3-20(32)4-2-16)34-25(18)23(15-19)21-5-9-29-26-22(21)6-10-30-26/h1-6,9-10,13,15,17,24,32H,7-8,11-12,14H2,(H,29,30)/t24-/m1/s1. The minimum absolute atomic E-state index is 0.0314. The van der Waals surface area contributed by atoms with E-state index in [1.54, 1.807) is 18.3 Å². The van der Waals surface area contributed by atoms with Gasteiger partial charge in [0.2, 0.25) is 0 Å². The van der Waals surface area contributed by atoms with Gasteiger partial charge in [-0.15, -0.1) is 0 Å². The van der Waals surface area contributed by atoms with E-state index in [-0.39, 0.29) is 11.7 Å². The number of carbonyl (C=O) groups excluding carboxylic acids is 1. The number of phenolic OH excluding ortho intramolecular Hbond substituents is 1. The van der Waals surface area contributed by atoms with Crippen molar-refractivity contribution >= 4 is 28.5 Å². The number of aromatic hydroxyl groups is 1. The van der Waals surface area contributed by atoms with Crippen molar-refractivity contribution in [2.24, 2.45) is 0 Å². The van der Waals surface area contributed by atoms with E-state index in [9.17, 15) is 9.90 Å². The maximum absolute atomic E-state index is 13.4. The summed E-state index contributed by atoms with van der Waals surface area (Å²) in [6.45, 7) is 1.39. The van der Waals surface area contributed by atoms with Crippen molar-refractivity contribution in [1.29, 1.82) is 0 Å². The van der Waals surface area contributed by atoms with Crippen molar-refractivity contribution in [2.75, 3.05) is 13.1 Å². The van der Waals surface area contributed by atoms with Crippen molar-refractivity contribution in [3.8, 4) is 22.6 Å².